The van der Waals surface area contributed by atoms with E-state index in [2.05, 4.69) is 24.2 Å². The second kappa shape index (κ2) is 4.60. The van der Waals surface area contributed by atoms with E-state index in [1.54, 1.807) is 12.2 Å². The maximum absolute atomic E-state index is 5.36. The van der Waals surface area contributed by atoms with Crippen LogP contribution >= 0.6 is 0 Å². The Morgan fingerprint density at radius 3 is 1.64 bits per heavy atom. The van der Waals surface area contributed by atoms with Gasteiger partial charge in [0.1, 0.15) is 0 Å². The lowest BCUT2D eigenvalue weighted by molar-refractivity contribution is 1.52. The minimum Gasteiger partial charge on any atom is -0.126 e. The van der Waals surface area contributed by atoms with Crippen molar-refractivity contribution < 1.29 is 0 Å². The molecule has 56 valence electrons. The number of hydrogen-bond donors (Lipinski definition) is 0. The molecule has 11 heavy (non-hydrogen) atoms. The van der Waals surface area contributed by atoms with Gasteiger partial charge >= 0.3 is 0 Å². The molecule has 0 amide bonds. The molecule has 0 aliphatic carbocycles. The van der Waals surface area contributed by atoms with Crippen LogP contribution < -0.4 is 0 Å². The highest BCUT2D eigenvalue weighted by atomic mass is 28.3. The summed E-state index contributed by atoms with van der Waals surface area (Å²) in [6, 6.07) is 1.57. The highest BCUT2D eigenvalue weighted by Crippen LogP contribution is 2.14. The van der Waals surface area contributed by atoms with Gasteiger partial charge in [-0.2, -0.15) is 0 Å². The summed E-state index contributed by atoms with van der Waals surface area (Å²) in [7, 11) is -1.92. The van der Waals surface area contributed by atoms with Crippen LogP contribution in [0.1, 0.15) is 0 Å². The lowest BCUT2D eigenvalue weighted by atomic mass is 10.7. The van der Waals surface area contributed by atoms with Crippen LogP contribution in [0, 0.1) is 23.9 Å². The molecule has 0 aromatic heterocycles. The Morgan fingerprint density at radius 2 is 1.45 bits per heavy atom. The smallest absolute Gasteiger partial charge is 0.126 e. The van der Waals surface area contributed by atoms with Crippen molar-refractivity contribution in [1.82, 2.24) is 0 Å². The first-order valence-corrected chi connectivity index (χ1v) is 5.83. The van der Waals surface area contributed by atoms with E-state index >= 15 is 0 Å². The Morgan fingerprint density at radius 1 is 1.09 bits per heavy atom. The van der Waals surface area contributed by atoms with Crippen LogP contribution in [0.4, 0.5) is 0 Å². The third-order valence-corrected chi connectivity index (χ3v) is 4.61. The SMILES string of the molecule is C#C[Si](C#C)(CC=C)CC=C. The van der Waals surface area contributed by atoms with Gasteiger partial charge in [-0.05, 0) is 12.1 Å². The quantitative estimate of drug-likeness (QED) is 0.336. The van der Waals surface area contributed by atoms with E-state index in [9.17, 15) is 0 Å². The van der Waals surface area contributed by atoms with E-state index in [4.69, 9.17) is 12.8 Å². The minimum absolute atomic E-state index is 0.784. The van der Waals surface area contributed by atoms with Gasteiger partial charge in [0.15, 0.2) is 0 Å². The van der Waals surface area contributed by atoms with E-state index in [1.165, 1.54) is 0 Å². The Labute approximate surface area is 70.0 Å². The van der Waals surface area contributed by atoms with Crippen molar-refractivity contribution in [1.29, 1.82) is 0 Å². The molecular weight excluding hydrogens is 148 g/mol. The molecule has 0 heterocycles. The standard InChI is InChI=1S/C10H12Si/c1-5-9-11(7-3,8-4)10-6-2/h3-6H,1-2,9-10H2. The Bertz CT molecular complexity index is 198. The van der Waals surface area contributed by atoms with Crippen LogP contribution in [0.5, 0.6) is 0 Å². The molecule has 0 unspecified atom stereocenters. The van der Waals surface area contributed by atoms with Crippen LogP contribution in [0.3, 0.4) is 0 Å². The molecule has 0 bridgehead atoms. The number of terminal acetylenes is 2. The topological polar surface area (TPSA) is 0 Å². The summed E-state index contributed by atoms with van der Waals surface area (Å²) in [6.07, 6.45) is 14.3. The summed E-state index contributed by atoms with van der Waals surface area (Å²) in [5, 5.41) is 0. The zero-order valence-corrected chi connectivity index (χ0v) is 7.64. The highest BCUT2D eigenvalue weighted by Gasteiger charge is 2.25. The molecule has 0 N–H and O–H groups in total. The average Bonchev–Trinajstić information content (AvgIpc) is 2.04. The van der Waals surface area contributed by atoms with Crippen molar-refractivity contribution in [3.05, 3.63) is 25.3 Å². The summed E-state index contributed by atoms with van der Waals surface area (Å²) in [5.74, 6) is 0. The van der Waals surface area contributed by atoms with Crippen molar-refractivity contribution in [3.63, 3.8) is 0 Å². The molecule has 0 nitrogen and oxygen atoms in total. The Balaban J connectivity index is 4.51. The fourth-order valence-corrected chi connectivity index (χ4v) is 2.56. The molecule has 0 rings (SSSR count). The van der Waals surface area contributed by atoms with E-state index in [0.29, 0.717) is 0 Å². The predicted octanol–water partition coefficient (Wildman–Crippen LogP) is 2.15. The van der Waals surface area contributed by atoms with Gasteiger partial charge in [0.2, 0.25) is 8.07 Å². The maximum atomic E-state index is 5.36. The lowest BCUT2D eigenvalue weighted by Crippen LogP contribution is -2.29. The van der Waals surface area contributed by atoms with Gasteiger partial charge in [-0.1, -0.05) is 12.2 Å². The van der Waals surface area contributed by atoms with Crippen molar-refractivity contribution in [2.75, 3.05) is 0 Å². The van der Waals surface area contributed by atoms with Gasteiger partial charge < -0.3 is 0 Å². The van der Waals surface area contributed by atoms with Crippen LogP contribution in [0.15, 0.2) is 25.3 Å². The Hall–Kier alpha value is -1.18. The molecule has 0 aromatic rings. The first kappa shape index (κ1) is 9.82. The van der Waals surface area contributed by atoms with Gasteiger partial charge in [-0.25, -0.2) is 0 Å². The van der Waals surface area contributed by atoms with Crippen molar-refractivity contribution >= 4 is 8.07 Å². The third kappa shape index (κ3) is 2.49. The second-order valence-corrected chi connectivity index (χ2v) is 5.91. The monoisotopic (exact) mass is 160 g/mol. The highest BCUT2D eigenvalue weighted by molar-refractivity contribution is 6.94. The molecule has 0 atom stereocenters. The summed E-state index contributed by atoms with van der Waals surface area (Å²) in [4.78, 5) is 0. The van der Waals surface area contributed by atoms with Crippen LogP contribution in [0.2, 0.25) is 12.1 Å². The fraction of sp³-hybridized carbons (Fsp3) is 0.200. The first-order valence-electron chi connectivity index (χ1n) is 3.42. The van der Waals surface area contributed by atoms with E-state index in [-0.39, 0.29) is 0 Å². The summed E-state index contributed by atoms with van der Waals surface area (Å²) in [6.45, 7) is 7.27. The molecular formula is C10H12Si. The molecule has 0 aromatic carbocycles. The third-order valence-electron chi connectivity index (χ3n) is 1.54. The number of hydrogen-bond acceptors (Lipinski definition) is 0. The normalized spacial score (nSPS) is 9.27. The summed E-state index contributed by atoms with van der Waals surface area (Å²) in [5.41, 5.74) is 5.45. The zero-order valence-electron chi connectivity index (χ0n) is 6.64. The van der Waals surface area contributed by atoms with E-state index in [1.807, 2.05) is 0 Å². The molecule has 1 heteroatoms. The molecule has 0 spiro atoms. The molecule has 0 fully saturated rings. The van der Waals surface area contributed by atoms with Crippen molar-refractivity contribution in [2.45, 2.75) is 12.1 Å². The average molecular weight is 160 g/mol. The molecule has 0 saturated carbocycles. The first-order chi connectivity index (χ1) is 5.24. The van der Waals surface area contributed by atoms with Gasteiger partial charge in [0, 0.05) is 0 Å². The van der Waals surface area contributed by atoms with Gasteiger partial charge in [0.05, 0.1) is 0 Å². The predicted molar refractivity (Wildman–Crippen MR) is 53.4 cm³/mol. The second-order valence-electron chi connectivity index (χ2n) is 2.36. The largest absolute Gasteiger partial charge is 0.223 e. The summed E-state index contributed by atoms with van der Waals surface area (Å²) >= 11 is 0. The maximum Gasteiger partial charge on any atom is 0.223 e. The van der Waals surface area contributed by atoms with E-state index in [0.717, 1.165) is 12.1 Å². The Kier molecular flexibility index (Phi) is 4.11. The molecule has 0 radical (unpaired) electrons. The van der Waals surface area contributed by atoms with Crippen molar-refractivity contribution in [2.24, 2.45) is 0 Å². The zero-order chi connectivity index (χ0) is 8.74. The molecule has 0 aliphatic heterocycles. The molecule has 0 saturated heterocycles. The lowest BCUT2D eigenvalue weighted by Gasteiger charge is -2.14. The minimum atomic E-state index is -1.92. The van der Waals surface area contributed by atoms with Crippen LogP contribution in [0.25, 0.3) is 0 Å². The fourth-order valence-electron chi connectivity index (χ4n) is 0.854. The van der Waals surface area contributed by atoms with Gasteiger partial charge in [-0.15, -0.1) is 37.1 Å². The van der Waals surface area contributed by atoms with Crippen LogP contribution in [-0.4, -0.2) is 8.07 Å². The van der Waals surface area contributed by atoms with Gasteiger partial charge in [0.25, 0.3) is 0 Å². The van der Waals surface area contributed by atoms with Crippen LogP contribution in [-0.2, 0) is 0 Å². The number of allylic oxidation sites excluding steroid dienone is 2. The summed E-state index contributed by atoms with van der Waals surface area (Å²) < 4.78 is 0. The van der Waals surface area contributed by atoms with E-state index < -0.39 is 8.07 Å². The number of rotatable bonds is 4. The molecule has 0 aliphatic rings. The van der Waals surface area contributed by atoms with Gasteiger partial charge in [-0.3, -0.25) is 0 Å². The van der Waals surface area contributed by atoms with Crippen molar-refractivity contribution in [3.8, 4) is 23.9 Å².